The molecule has 0 amide bonds. The molecule has 0 saturated carbocycles. The highest BCUT2D eigenvalue weighted by Gasteiger charge is 2.00. The number of hydrogen-bond donors (Lipinski definition) is 6. The summed E-state index contributed by atoms with van der Waals surface area (Å²) < 4.78 is 17.8. The minimum absolute atomic E-state index is 1.37. The Hall–Kier alpha value is 0.220. The van der Waals surface area contributed by atoms with Gasteiger partial charge in [0.1, 0.15) is 0 Å². The zero-order valence-electron chi connectivity index (χ0n) is 16.3. The molecule has 0 aliphatic carbocycles. The topological polar surface area (TPSA) is 156 Å². The van der Waals surface area contributed by atoms with Gasteiger partial charge in [-0.05, 0) is 0 Å². The first kappa shape index (κ1) is 30.9. The molecule has 0 heterocycles. The lowest BCUT2D eigenvalue weighted by Crippen LogP contribution is -1.82. The van der Waals surface area contributed by atoms with E-state index in [1.54, 1.807) is 0 Å². The lowest BCUT2D eigenvalue weighted by Gasteiger charge is -2.02. The maximum atomic E-state index is 8.88. The number of phosphoric acid groups is 2. The standard InChI is InChI=1S/C16H34.2H3O4P/c1-3-5-7-9-11-13-15-16-14-12-10-8-6-4-2;2*1-5(2,3)4/h3-16H2,1-2H3;2*(H3,1,2,3,4). The Labute approximate surface area is 158 Å². The Morgan fingerprint density at radius 3 is 0.654 bits per heavy atom. The van der Waals surface area contributed by atoms with Crippen molar-refractivity contribution in [3.05, 3.63) is 0 Å². The molecular weight excluding hydrogens is 382 g/mol. The Morgan fingerprint density at radius 1 is 0.423 bits per heavy atom. The molecule has 0 unspecified atom stereocenters. The quantitative estimate of drug-likeness (QED) is 0.185. The molecule has 0 bridgehead atoms. The van der Waals surface area contributed by atoms with Crippen LogP contribution in [0.4, 0.5) is 0 Å². The van der Waals surface area contributed by atoms with Gasteiger partial charge in [0, 0.05) is 0 Å². The van der Waals surface area contributed by atoms with Crippen molar-refractivity contribution in [2.75, 3.05) is 0 Å². The van der Waals surface area contributed by atoms with E-state index in [1.807, 2.05) is 0 Å². The van der Waals surface area contributed by atoms with Crippen LogP contribution >= 0.6 is 15.6 Å². The molecule has 0 fully saturated rings. The van der Waals surface area contributed by atoms with Crippen LogP contribution < -0.4 is 0 Å². The fourth-order valence-corrected chi connectivity index (χ4v) is 2.27. The van der Waals surface area contributed by atoms with Gasteiger partial charge >= 0.3 is 15.6 Å². The molecule has 162 valence electrons. The van der Waals surface area contributed by atoms with Gasteiger partial charge < -0.3 is 29.4 Å². The molecule has 10 heteroatoms. The van der Waals surface area contributed by atoms with Crippen molar-refractivity contribution in [1.82, 2.24) is 0 Å². The van der Waals surface area contributed by atoms with E-state index in [4.69, 9.17) is 38.5 Å². The highest BCUT2D eigenvalue weighted by molar-refractivity contribution is 7.45. The van der Waals surface area contributed by atoms with Gasteiger partial charge in [0.15, 0.2) is 0 Å². The summed E-state index contributed by atoms with van der Waals surface area (Å²) in [6.07, 6.45) is 20.4. The molecule has 0 atom stereocenters. The maximum absolute atomic E-state index is 8.88. The summed E-state index contributed by atoms with van der Waals surface area (Å²) in [5, 5.41) is 0. The summed E-state index contributed by atoms with van der Waals surface area (Å²) in [6, 6.07) is 0. The second-order valence-electron chi connectivity index (χ2n) is 6.27. The molecule has 0 radical (unpaired) electrons. The zero-order chi connectivity index (χ0) is 20.9. The lowest BCUT2D eigenvalue weighted by molar-refractivity contribution is 0.272. The van der Waals surface area contributed by atoms with Gasteiger partial charge in [-0.15, -0.1) is 0 Å². The van der Waals surface area contributed by atoms with Crippen molar-refractivity contribution in [3.63, 3.8) is 0 Å². The van der Waals surface area contributed by atoms with Crippen LogP contribution in [-0.4, -0.2) is 29.4 Å². The third-order valence-corrected chi connectivity index (χ3v) is 3.46. The van der Waals surface area contributed by atoms with E-state index in [2.05, 4.69) is 13.8 Å². The van der Waals surface area contributed by atoms with E-state index in [0.29, 0.717) is 0 Å². The van der Waals surface area contributed by atoms with E-state index >= 15 is 0 Å². The average molecular weight is 422 g/mol. The molecule has 0 spiro atoms. The van der Waals surface area contributed by atoms with Crippen LogP contribution in [0.1, 0.15) is 104 Å². The molecule has 0 aromatic carbocycles. The van der Waals surface area contributed by atoms with Crippen molar-refractivity contribution < 1.29 is 38.5 Å². The van der Waals surface area contributed by atoms with E-state index in [9.17, 15) is 0 Å². The van der Waals surface area contributed by atoms with Crippen LogP contribution in [0.5, 0.6) is 0 Å². The fraction of sp³-hybridized carbons (Fsp3) is 1.00. The Bertz CT molecular complexity index is 304. The monoisotopic (exact) mass is 422 g/mol. The van der Waals surface area contributed by atoms with Crippen molar-refractivity contribution in [1.29, 1.82) is 0 Å². The predicted molar refractivity (Wildman–Crippen MR) is 105 cm³/mol. The number of rotatable bonds is 13. The minimum Gasteiger partial charge on any atom is -0.303 e. The number of hydrogen-bond acceptors (Lipinski definition) is 2. The van der Waals surface area contributed by atoms with Crippen LogP contribution in [0, 0.1) is 0 Å². The predicted octanol–water partition coefficient (Wildman–Crippen LogP) is 4.63. The van der Waals surface area contributed by atoms with Crippen LogP contribution in [-0.2, 0) is 9.13 Å². The van der Waals surface area contributed by atoms with Crippen molar-refractivity contribution >= 4 is 15.6 Å². The maximum Gasteiger partial charge on any atom is 0.466 e. The molecule has 26 heavy (non-hydrogen) atoms. The van der Waals surface area contributed by atoms with Crippen molar-refractivity contribution in [3.8, 4) is 0 Å². The fourth-order valence-electron chi connectivity index (χ4n) is 2.27. The number of unbranched alkanes of at least 4 members (excludes halogenated alkanes) is 13. The van der Waals surface area contributed by atoms with Crippen LogP contribution in [0.15, 0.2) is 0 Å². The second-order valence-corrected chi connectivity index (χ2v) is 8.32. The van der Waals surface area contributed by atoms with Gasteiger partial charge in [0.25, 0.3) is 0 Å². The third kappa shape index (κ3) is 74.7. The van der Waals surface area contributed by atoms with Gasteiger partial charge in [-0.3, -0.25) is 0 Å². The van der Waals surface area contributed by atoms with E-state index in [1.165, 1.54) is 89.9 Å². The SMILES string of the molecule is CCCCCCCCCCCCCCCC.O=P(O)(O)O.O=P(O)(O)O. The molecule has 6 N–H and O–H groups in total. The van der Waals surface area contributed by atoms with Crippen LogP contribution in [0.3, 0.4) is 0 Å². The van der Waals surface area contributed by atoms with Crippen molar-refractivity contribution in [2.45, 2.75) is 104 Å². The van der Waals surface area contributed by atoms with Crippen LogP contribution in [0.25, 0.3) is 0 Å². The molecule has 8 nitrogen and oxygen atoms in total. The molecule has 0 aliphatic rings. The first-order chi connectivity index (χ1) is 11.9. The van der Waals surface area contributed by atoms with E-state index in [0.717, 1.165) is 0 Å². The first-order valence-corrected chi connectivity index (χ1v) is 12.6. The second kappa shape index (κ2) is 21.5. The Kier molecular flexibility index (Phi) is 25.6. The van der Waals surface area contributed by atoms with Gasteiger partial charge in [0.2, 0.25) is 0 Å². The highest BCUT2D eigenvalue weighted by atomic mass is 31.2. The lowest BCUT2D eigenvalue weighted by atomic mass is 10.0. The summed E-state index contributed by atoms with van der Waals surface area (Å²) in [5.41, 5.74) is 0. The van der Waals surface area contributed by atoms with Crippen molar-refractivity contribution in [2.24, 2.45) is 0 Å². The smallest absolute Gasteiger partial charge is 0.303 e. The zero-order valence-corrected chi connectivity index (χ0v) is 18.1. The molecule has 0 aliphatic heterocycles. The Morgan fingerprint density at radius 2 is 0.538 bits per heavy atom. The normalized spacial score (nSPS) is 11.2. The molecule has 0 saturated heterocycles. The van der Waals surface area contributed by atoms with Crippen LogP contribution in [0.2, 0.25) is 0 Å². The molecular formula is C16H40O8P2. The molecule has 0 aromatic heterocycles. The van der Waals surface area contributed by atoms with E-state index < -0.39 is 15.6 Å². The molecule has 0 aromatic rings. The summed E-state index contributed by atoms with van der Waals surface area (Å²) in [4.78, 5) is 43.1. The average Bonchev–Trinajstić information content (AvgIpc) is 2.45. The summed E-state index contributed by atoms with van der Waals surface area (Å²) in [7, 11) is -9.28. The summed E-state index contributed by atoms with van der Waals surface area (Å²) in [5.74, 6) is 0. The highest BCUT2D eigenvalue weighted by Crippen LogP contribution is 2.26. The first-order valence-electron chi connectivity index (χ1n) is 9.48. The third-order valence-electron chi connectivity index (χ3n) is 3.46. The van der Waals surface area contributed by atoms with Gasteiger partial charge in [-0.25, -0.2) is 9.13 Å². The minimum atomic E-state index is -4.64. The largest absolute Gasteiger partial charge is 0.466 e. The van der Waals surface area contributed by atoms with Gasteiger partial charge in [-0.1, -0.05) is 104 Å². The summed E-state index contributed by atoms with van der Waals surface area (Å²) in [6.45, 7) is 4.58. The Balaban J connectivity index is -0.000000433. The summed E-state index contributed by atoms with van der Waals surface area (Å²) >= 11 is 0. The van der Waals surface area contributed by atoms with Gasteiger partial charge in [0.05, 0.1) is 0 Å². The van der Waals surface area contributed by atoms with Gasteiger partial charge in [-0.2, -0.15) is 0 Å². The van der Waals surface area contributed by atoms with E-state index in [-0.39, 0.29) is 0 Å². The molecule has 0 rings (SSSR count).